The van der Waals surface area contributed by atoms with Gasteiger partial charge in [-0.05, 0) is 69.6 Å². The topological polar surface area (TPSA) is 160 Å². The lowest BCUT2D eigenvalue weighted by molar-refractivity contribution is -0.215. The fourth-order valence-corrected chi connectivity index (χ4v) is 10.4. The van der Waals surface area contributed by atoms with Gasteiger partial charge in [-0.1, -0.05) is 19.4 Å². The normalized spacial score (nSPS) is 51.8. The minimum absolute atomic E-state index is 0.0392. The number of aliphatic hydroxyl groups is 2. The zero-order chi connectivity index (χ0) is 28.5. The van der Waals surface area contributed by atoms with Gasteiger partial charge in [-0.2, -0.15) is 8.42 Å². The number of rotatable bonds is 4. The third-order valence-corrected chi connectivity index (χ3v) is 12.9. The van der Waals surface area contributed by atoms with Gasteiger partial charge in [0.25, 0.3) is 0 Å². The van der Waals surface area contributed by atoms with Gasteiger partial charge in [0.1, 0.15) is 23.6 Å². The molecule has 0 spiro atoms. The highest BCUT2D eigenvalue weighted by Gasteiger charge is 2.80. The average Bonchev–Trinajstić information content (AvgIpc) is 3.59. The summed E-state index contributed by atoms with van der Waals surface area (Å²) < 4.78 is 48.6. The molecule has 4 aliphatic carbocycles. The van der Waals surface area contributed by atoms with Gasteiger partial charge in [-0.3, -0.25) is 9.35 Å². The van der Waals surface area contributed by atoms with Gasteiger partial charge in [0.15, 0.2) is 0 Å². The maximum Gasteiger partial charge on any atom is 0.397 e. The number of hydrogen-bond donors (Lipinski definition) is 3. The summed E-state index contributed by atoms with van der Waals surface area (Å²) in [6.45, 7) is 9.57. The number of ketones is 1. The molecule has 6 rings (SSSR count). The molecular weight excluding hydrogens is 528 g/mol. The molecule has 0 bridgehead atoms. The Kier molecular flexibility index (Phi) is 5.95. The van der Waals surface area contributed by atoms with Crippen molar-refractivity contribution >= 4 is 22.2 Å². The van der Waals surface area contributed by atoms with Crippen molar-refractivity contribution in [2.75, 3.05) is 0 Å². The molecule has 10 nitrogen and oxygen atoms in total. The highest BCUT2D eigenvalue weighted by atomic mass is 32.3. The summed E-state index contributed by atoms with van der Waals surface area (Å²) >= 11 is 0. The number of ether oxygens (including phenoxy) is 2. The van der Waals surface area contributed by atoms with Crippen LogP contribution < -0.4 is 0 Å². The van der Waals surface area contributed by atoms with Crippen LogP contribution in [0.1, 0.15) is 79.6 Å². The van der Waals surface area contributed by atoms with Gasteiger partial charge in [0, 0.05) is 30.8 Å². The summed E-state index contributed by atoms with van der Waals surface area (Å²) in [7, 11) is -4.79. The molecule has 2 heterocycles. The van der Waals surface area contributed by atoms with Crippen LogP contribution in [0, 0.1) is 34.5 Å². The molecule has 0 aromatic carbocycles. The molecule has 11 heteroatoms. The number of Topliss-reactive ketones (excluding diaryl/α,β-unsaturated/α-hetero) is 1. The van der Waals surface area contributed by atoms with E-state index >= 15 is 0 Å². The molecule has 3 N–H and O–H groups in total. The second kappa shape index (κ2) is 8.35. The van der Waals surface area contributed by atoms with Crippen LogP contribution in [0.2, 0.25) is 0 Å². The van der Waals surface area contributed by atoms with Crippen molar-refractivity contribution < 1.29 is 46.4 Å². The first-order valence-corrected chi connectivity index (χ1v) is 15.5. The molecular formula is C28H40O10S. The summed E-state index contributed by atoms with van der Waals surface area (Å²) in [5.41, 5.74) is -2.75. The lowest BCUT2D eigenvalue weighted by Crippen LogP contribution is -2.70. The van der Waals surface area contributed by atoms with E-state index in [1.54, 1.807) is 13.8 Å². The highest BCUT2D eigenvalue weighted by molar-refractivity contribution is 7.80. The highest BCUT2D eigenvalue weighted by Crippen LogP contribution is 2.73. The SMILES string of the molecule is CC1=C(C)C(=O)O[C@@H]([C@@H](C)[C@@]2(O)CC[C@H]3[C@@H]4[C@@H]5O[C@@H]5[C@@]5(O)C[C@@H](OS(=O)(=O)O)CC(=O)[C@]5(C)[C@H]4CC[C@@]32C)C1. The Morgan fingerprint density at radius 3 is 2.36 bits per heavy atom. The molecule has 1 saturated heterocycles. The molecule has 218 valence electrons. The second-order valence-electron chi connectivity index (χ2n) is 13.7. The first kappa shape index (κ1) is 27.8. The Morgan fingerprint density at radius 1 is 1.05 bits per heavy atom. The van der Waals surface area contributed by atoms with E-state index in [9.17, 15) is 32.8 Å². The van der Waals surface area contributed by atoms with E-state index in [1.165, 1.54) is 0 Å². The standard InChI is InChI=1S/C28H40O10S/c1-13-10-19(36-24(30)14(13)2)15(3)27(31)9-7-17-21-18(6-8-25(17,27)4)26(5)20(29)11-16(38-39(33,34)35)12-28(26,32)23-22(21)37-23/h15-19,21-23,31-32H,6-12H2,1-5H3,(H,33,34,35)/t15-,16+,17+,18+,19-,21+,22+,23+,25+,26+,27+,28+/m1/s1. The molecule has 0 amide bonds. The Hall–Kier alpha value is -1.37. The van der Waals surface area contributed by atoms with Gasteiger partial charge in [0.2, 0.25) is 0 Å². The fraction of sp³-hybridized carbons (Fsp3) is 0.857. The van der Waals surface area contributed by atoms with E-state index in [1.807, 2.05) is 13.8 Å². The van der Waals surface area contributed by atoms with E-state index in [2.05, 4.69) is 6.92 Å². The maximum atomic E-state index is 13.7. The van der Waals surface area contributed by atoms with Gasteiger partial charge in [0.05, 0.1) is 23.2 Å². The molecule has 0 aromatic heterocycles. The van der Waals surface area contributed by atoms with Crippen molar-refractivity contribution in [2.24, 2.45) is 34.5 Å². The minimum atomic E-state index is -4.79. The van der Waals surface area contributed by atoms with Crippen molar-refractivity contribution in [3.05, 3.63) is 11.1 Å². The Balaban J connectivity index is 1.30. The number of epoxide rings is 1. The van der Waals surface area contributed by atoms with E-state index in [-0.39, 0.29) is 54.4 Å². The molecule has 12 atom stereocenters. The van der Waals surface area contributed by atoms with E-state index in [0.29, 0.717) is 31.3 Å². The number of fused-ring (bicyclic) bond motifs is 8. The maximum absolute atomic E-state index is 13.7. The molecule has 5 fully saturated rings. The quantitative estimate of drug-likeness (QED) is 0.261. The summed E-state index contributed by atoms with van der Waals surface area (Å²) in [5.74, 6) is -1.13. The number of hydrogen-bond acceptors (Lipinski definition) is 9. The van der Waals surface area contributed by atoms with Crippen LogP contribution in [0.5, 0.6) is 0 Å². The van der Waals surface area contributed by atoms with Crippen LogP contribution in [0.3, 0.4) is 0 Å². The largest absolute Gasteiger partial charge is 0.458 e. The van der Waals surface area contributed by atoms with Crippen molar-refractivity contribution in [2.45, 2.75) is 115 Å². The van der Waals surface area contributed by atoms with Crippen molar-refractivity contribution in [3.63, 3.8) is 0 Å². The zero-order valence-corrected chi connectivity index (χ0v) is 24.0. The first-order chi connectivity index (χ1) is 18.0. The number of carbonyl (C=O) groups excluding carboxylic acids is 2. The van der Waals surface area contributed by atoms with E-state index < -0.39 is 50.7 Å². The molecule has 39 heavy (non-hydrogen) atoms. The van der Waals surface area contributed by atoms with Gasteiger partial charge in [-0.15, -0.1) is 0 Å². The Labute approximate surface area is 229 Å². The van der Waals surface area contributed by atoms with Crippen LogP contribution in [0.15, 0.2) is 11.1 Å². The minimum Gasteiger partial charge on any atom is -0.458 e. The Bertz CT molecular complexity index is 1260. The summed E-state index contributed by atoms with van der Waals surface area (Å²) in [6, 6.07) is 0. The summed E-state index contributed by atoms with van der Waals surface area (Å²) in [6.07, 6.45) is 0.220. The van der Waals surface area contributed by atoms with Crippen LogP contribution >= 0.6 is 0 Å². The van der Waals surface area contributed by atoms with E-state index in [4.69, 9.17) is 13.7 Å². The smallest absolute Gasteiger partial charge is 0.397 e. The van der Waals surface area contributed by atoms with Crippen LogP contribution in [-0.4, -0.2) is 70.6 Å². The van der Waals surface area contributed by atoms with Crippen molar-refractivity contribution in [3.8, 4) is 0 Å². The molecule has 2 aliphatic heterocycles. The number of esters is 1. The van der Waals surface area contributed by atoms with Crippen LogP contribution in [0.4, 0.5) is 0 Å². The first-order valence-electron chi connectivity index (χ1n) is 14.1. The van der Waals surface area contributed by atoms with Gasteiger partial charge in [-0.25, -0.2) is 8.98 Å². The molecule has 0 unspecified atom stereocenters. The Morgan fingerprint density at radius 2 is 1.72 bits per heavy atom. The third kappa shape index (κ3) is 3.59. The number of cyclic esters (lactones) is 1. The van der Waals surface area contributed by atoms with E-state index in [0.717, 1.165) is 12.0 Å². The van der Waals surface area contributed by atoms with Gasteiger partial charge < -0.3 is 19.7 Å². The zero-order valence-electron chi connectivity index (χ0n) is 23.2. The monoisotopic (exact) mass is 568 g/mol. The summed E-state index contributed by atoms with van der Waals surface area (Å²) in [5, 5.41) is 24.3. The summed E-state index contributed by atoms with van der Waals surface area (Å²) in [4.78, 5) is 26.2. The average molecular weight is 569 g/mol. The van der Waals surface area contributed by atoms with Gasteiger partial charge >= 0.3 is 16.4 Å². The third-order valence-electron chi connectivity index (χ3n) is 12.4. The fourth-order valence-electron chi connectivity index (χ4n) is 9.88. The second-order valence-corrected chi connectivity index (χ2v) is 14.7. The lowest BCUT2D eigenvalue weighted by atomic mass is 9.42. The molecule has 4 saturated carbocycles. The molecule has 0 aromatic rings. The lowest BCUT2D eigenvalue weighted by Gasteiger charge is -2.62. The van der Waals surface area contributed by atoms with Crippen LogP contribution in [-0.2, 0) is 33.6 Å². The predicted octanol–water partition coefficient (Wildman–Crippen LogP) is 2.52. The van der Waals surface area contributed by atoms with Crippen LogP contribution in [0.25, 0.3) is 0 Å². The molecule has 0 radical (unpaired) electrons. The number of carbonyl (C=O) groups is 2. The molecule has 6 aliphatic rings. The predicted molar refractivity (Wildman–Crippen MR) is 136 cm³/mol. The van der Waals surface area contributed by atoms with Crippen molar-refractivity contribution in [1.29, 1.82) is 0 Å². The van der Waals surface area contributed by atoms with Crippen molar-refractivity contribution in [1.82, 2.24) is 0 Å².